The van der Waals surface area contributed by atoms with Gasteiger partial charge in [-0.25, -0.2) is 4.79 Å². The lowest BCUT2D eigenvalue weighted by atomic mass is 9.86. The van der Waals surface area contributed by atoms with Crippen molar-refractivity contribution in [2.75, 3.05) is 0 Å². The van der Waals surface area contributed by atoms with Crippen LogP contribution in [0.5, 0.6) is 0 Å². The molecule has 0 fully saturated rings. The van der Waals surface area contributed by atoms with E-state index in [4.69, 9.17) is 5.73 Å². The van der Waals surface area contributed by atoms with Crippen LogP contribution in [-0.4, -0.2) is 92.9 Å². The normalized spacial score (nSPS) is 15.3. The molecule has 3 aromatic rings. The molecule has 16 nitrogen and oxygen atoms in total. The number of fused-ring (bicyclic) bond motifs is 1. The van der Waals surface area contributed by atoms with Gasteiger partial charge in [-0.3, -0.25) is 28.8 Å². The van der Waals surface area contributed by atoms with Crippen LogP contribution >= 0.6 is 0 Å². The van der Waals surface area contributed by atoms with Crippen LogP contribution in [0.4, 0.5) is 0 Å². The van der Waals surface area contributed by atoms with Crippen molar-refractivity contribution < 1.29 is 43.8 Å². The predicted octanol–water partition coefficient (Wildman–Crippen LogP) is 3.94. The van der Waals surface area contributed by atoms with Crippen LogP contribution < -0.4 is 32.3 Å². The number of aliphatic carboxylic acids is 2. The molecule has 1 heterocycles. The summed E-state index contributed by atoms with van der Waals surface area (Å²) >= 11 is 0. The number of nitrogens with two attached hydrogens (primary N) is 1. The number of H-pyrrole nitrogens is 1. The molecule has 10 N–H and O–H groups in total. The number of para-hydroxylation sites is 1. The zero-order valence-electron chi connectivity index (χ0n) is 38.7. The van der Waals surface area contributed by atoms with E-state index in [1.54, 1.807) is 33.9 Å². The molecule has 16 heteroatoms. The van der Waals surface area contributed by atoms with E-state index in [1.807, 2.05) is 72.7 Å². The van der Waals surface area contributed by atoms with Crippen molar-refractivity contribution in [3.8, 4) is 0 Å². The summed E-state index contributed by atoms with van der Waals surface area (Å²) in [4.78, 5) is 96.7. The molecule has 346 valence electrons. The Hall–Kier alpha value is -5.77. The number of carboxylic acids is 2. The summed E-state index contributed by atoms with van der Waals surface area (Å²) in [5, 5.41) is 33.9. The summed E-state index contributed by atoms with van der Waals surface area (Å²) < 4.78 is 0. The van der Waals surface area contributed by atoms with E-state index in [9.17, 15) is 43.8 Å². The number of rotatable bonds is 23. The molecule has 0 unspecified atom stereocenters. The highest BCUT2D eigenvalue weighted by atomic mass is 16.4. The molecule has 0 bridgehead atoms. The molecule has 0 spiro atoms. The van der Waals surface area contributed by atoms with Gasteiger partial charge >= 0.3 is 11.9 Å². The van der Waals surface area contributed by atoms with E-state index >= 15 is 0 Å². The highest BCUT2D eigenvalue weighted by molar-refractivity contribution is 5.98. The third kappa shape index (κ3) is 13.6. The van der Waals surface area contributed by atoms with Crippen LogP contribution in [0, 0.1) is 52.4 Å². The number of aromatic nitrogens is 1. The van der Waals surface area contributed by atoms with Gasteiger partial charge in [-0.1, -0.05) is 72.6 Å². The monoisotopic (exact) mass is 876 g/mol. The van der Waals surface area contributed by atoms with Crippen molar-refractivity contribution in [2.24, 2.45) is 23.5 Å². The molecule has 0 radical (unpaired) electrons. The fraction of sp³-hybridized carbons (Fsp3) is 0.553. The summed E-state index contributed by atoms with van der Waals surface area (Å²) in [5.74, 6) is -7.65. The molecule has 5 amide bonds. The summed E-state index contributed by atoms with van der Waals surface area (Å²) in [7, 11) is 0. The minimum absolute atomic E-state index is 0.0325. The molecule has 0 saturated carbocycles. The van der Waals surface area contributed by atoms with Gasteiger partial charge in [-0.2, -0.15) is 0 Å². The second-order valence-electron chi connectivity index (χ2n) is 17.5. The minimum atomic E-state index is -1.66. The molecule has 2 aromatic carbocycles. The SMILES string of the molecule is CC[C@H](C)[C@H](NC(=O)[C@H](CC(=O)O)NC(=O)[C@H](CC(C)C)NC(=O)[C@H](N)Cc1c(C)c(C)c(C)c(C)c1C)C(=O)N[C@H](C(=O)N[C@@H](Cc1c[nH]c2ccccc12)C(=O)O)[C@@H](C)CC. The van der Waals surface area contributed by atoms with Gasteiger partial charge in [0.2, 0.25) is 29.5 Å². The highest BCUT2D eigenvalue weighted by Gasteiger charge is 2.37. The van der Waals surface area contributed by atoms with Crippen molar-refractivity contribution in [2.45, 2.75) is 151 Å². The number of carbonyl (C=O) groups is 7. The van der Waals surface area contributed by atoms with Gasteiger partial charge in [0, 0.05) is 23.5 Å². The van der Waals surface area contributed by atoms with E-state index < -0.39 is 96.0 Å². The first-order valence-corrected chi connectivity index (χ1v) is 21.8. The number of hydrogen-bond acceptors (Lipinski definition) is 8. The molecule has 0 saturated heterocycles. The highest BCUT2D eigenvalue weighted by Crippen LogP contribution is 2.27. The third-order valence-corrected chi connectivity index (χ3v) is 12.6. The van der Waals surface area contributed by atoms with Gasteiger partial charge in [0.05, 0.1) is 12.5 Å². The number of carbonyl (C=O) groups excluding carboxylic acids is 5. The van der Waals surface area contributed by atoms with Gasteiger partial charge in [0.15, 0.2) is 0 Å². The van der Waals surface area contributed by atoms with Crippen LogP contribution in [0.25, 0.3) is 10.9 Å². The average Bonchev–Trinajstić information content (AvgIpc) is 3.65. The summed E-state index contributed by atoms with van der Waals surface area (Å²) in [6, 6.07) is -0.323. The zero-order chi connectivity index (χ0) is 47.5. The first-order chi connectivity index (χ1) is 29.5. The minimum Gasteiger partial charge on any atom is -0.481 e. The Morgan fingerprint density at radius 1 is 0.619 bits per heavy atom. The average molecular weight is 876 g/mol. The van der Waals surface area contributed by atoms with Crippen molar-refractivity contribution in [1.82, 2.24) is 31.6 Å². The van der Waals surface area contributed by atoms with Gasteiger partial charge in [-0.05, 0) is 110 Å². The number of nitrogens with one attached hydrogen (secondary N) is 6. The molecular weight excluding hydrogens is 807 g/mol. The lowest BCUT2D eigenvalue weighted by Crippen LogP contribution is -2.61. The van der Waals surface area contributed by atoms with Crippen molar-refractivity contribution in [3.05, 3.63) is 69.4 Å². The number of aromatic amines is 1. The first-order valence-electron chi connectivity index (χ1n) is 21.8. The maximum atomic E-state index is 14.1. The van der Waals surface area contributed by atoms with Crippen LogP contribution in [0.1, 0.15) is 106 Å². The number of benzene rings is 2. The first kappa shape index (κ1) is 51.6. The van der Waals surface area contributed by atoms with Gasteiger partial charge in [-0.15, -0.1) is 0 Å². The maximum Gasteiger partial charge on any atom is 0.326 e. The van der Waals surface area contributed by atoms with E-state index in [0.717, 1.165) is 38.7 Å². The van der Waals surface area contributed by atoms with Gasteiger partial charge < -0.3 is 47.5 Å². The molecule has 63 heavy (non-hydrogen) atoms. The lowest BCUT2D eigenvalue weighted by Gasteiger charge is -2.30. The van der Waals surface area contributed by atoms with Crippen LogP contribution in [0.3, 0.4) is 0 Å². The largest absolute Gasteiger partial charge is 0.481 e. The van der Waals surface area contributed by atoms with Crippen LogP contribution in [-0.2, 0) is 46.4 Å². The van der Waals surface area contributed by atoms with Crippen molar-refractivity contribution >= 4 is 52.4 Å². The van der Waals surface area contributed by atoms with E-state index in [0.29, 0.717) is 18.4 Å². The van der Waals surface area contributed by atoms with E-state index in [-0.39, 0.29) is 25.2 Å². The Balaban J connectivity index is 1.81. The maximum absolute atomic E-state index is 14.1. The smallest absolute Gasteiger partial charge is 0.326 e. The topological polar surface area (TPSA) is 262 Å². The number of amides is 5. The fourth-order valence-electron chi connectivity index (χ4n) is 7.72. The van der Waals surface area contributed by atoms with Gasteiger partial charge in [0.1, 0.15) is 30.2 Å². The Kier molecular flexibility index (Phi) is 18.9. The molecule has 3 rings (SSSR count). The van der Waals surface area contributed by atoms with Crippen molar-refractivity contribution in [3.63, 3.8) is 0 Å². The Labute approximate surface area is 370 Å². The second-order valence-corrected chi connectivity index (χ2v) is 17.5. The quantitative estimate of drug-likeness (QED) is 0.0663. The van der Waals surface area contributed by atoms with E-state index in [1.165, 1.54) is 5.56 Å². The molecule has 0 aliphatic heterocycles. The fourth-order valence-corrected chi connectivity index (χ4v) is 7.72. The Morgan fingerprint density at radius 3 is 1.62 bits per heavy atom. The molecule has 0 aliphatic carbocycles. The second kappa shape index (κ2) is 23.1. The molecule has 0 aliphatic rings. The number of carboxylic acid groups (broad SMARTS) is 2. The summed E-state index contributed by atoms with van der Waals surface area (Å²) in [5.41, 5.74) is 14.3. The number of hydrogen-bond donors (Lipinski definition) is 9. The van der Waals surface area contributed by atoms with Gasteiger partial charge in [0.25, 0.3) is 0 Å². The van der Waals surface area contributed by atoms with E-state index in [2.05, 4.69) is 31.6 Å². The third-order valence-electron chi connectivity index (χ3n) is 12.6. The Bertz CT molecular complexity index is 2120. The van der Waals surface area contributed by atoms with Crippen LogP contribution in [0.15, 0.2) is 30.5 Å². The summed E-state index contributed by atoms with van der Waals surface area (Å²) in [6.07, 6.45) is 1.98. The van der Waals surface area contributed by atoms with Crippen molar-refractivity contribution in [1.29, 1.82) is 0 Å². The predicted molar refractivity (Wildman–Crippen MR) is 242 cm³/mol. The lowest BCUT2D eigenvalue weighted by molar-refractivity contribution is -0.142. The standard InChI is InChI=1S/C47H69N7O9/c1-12-24(5)40(45(60)52-38(47(62)63)19-31-22-49-35-17-15-14-16-32(31)35)54-46(61)41(25(6)13-2)53-44(59)37(21-39(55)56)51-43(58)36(18-23(3)4)50-42(57)34(48)20-33-29(10)27(8)26(7)28(9)30(33)11/h14-17,22-25,34,36-38,40-41,49H,12-13,18-21,48H2,1-11H3,(H,50,57)(H,51,58)(H,52,60)(H,53,59)(H,54,61)(H,55,56)(H,62,63)/t24-,25-,34+,36-,37-,38-,40-,41-/m0/s1. The summed E-state index contributed by atoms with van der Waals surface area (Å²) in [6.45, 7) is 20.7. The zero-order valence-corrected chi connectivity index (χ0v) is 38.7. The molecular formula is C47H69N7O9. The molecule has 8 atom stereocenters. The van der Waals surface area contributed by atoms with Crippen LogP contribution in [0.2, 0.25) is 0 Å². The Morgan fingerprint density at radius 2 is 1.10 bits per heavy atom. The molecule has 1 aromatic heterocycles.